The standard InChI is InChI=1S/C21H31N3O3S/c1-17-4-3-5-18(12-17)14-22-6-8-23(9-7-22)20(25)15-24-10-11-28-16-19(24)13-21(26)27-2/h3-5,12,19H,6-11,13-16H2,1-2H3. The Morgan fingerprint density at radius 3 is 2.68 bits per heavy atom. The number of hydrogen-bond donors (Lipinski definition) is 0. The summed E-state index contributed by atoms with van der Waals surface area (Å²) in [5, 5.41) is 0. The average molecular weight is 406 g/mol. The first-order valence-electron chi connectivity index (χ1n) is 9.99. The van der Waals surface area contributed by atoms with Crippen LogP contribution in [0.3, 0.4) is 0 Å². The van der Waals surface area contributed by atoms with E-state index in [1.807, 2.05) is 16.7 Å². The molecule has 1 amide bonds. The van der Waals surface area contributed by atoms with Gasteiger partial charge in [-0.05, 0) is 12.5 Å². The van der Waals surface area contributed by atoms with E-state index in [0.717, 1.165) is 50.8 Å². The van der Waals surface area contributed by atoms with E-state index in [-0.39, 0.29) is 17.9 Å². The van der Waals surface area contributed by atoms with Gasteiger partial charge < -0.3 is 9.64 Å². The number of ether oxygens (including phenoxy) is 1. The predicted octanol–water partition coefficient (Wildman–Crippen LogP) is 1.62. The summed E-state index contributed by atoms with van der Waals surface area (Å²) in [6, 6.07) is 8.71. The monoisotopic (exact) mass is 405 g/mol. The van der Waals surface area contributed by atoms with Crippen molar-refractivity contribution in [1.29, 1.82) is 0 Å². The largest absolute Gasteiger partial charge is 0.469 e. The normalized spacial score (nSPS) is 21.5. The number of thioether (sulfide) groups is 1. The van der Waals surface area contributed by atoms with Gasteiger partial charge >= 0.3 is 5.97 Å². The van der Waals surface area contributed by atoms with Gasteiger partial charge in [0.1, 0.15) is 0 Å². The zero-order valence-electron chi connectivity index (χ0n) is 16.9. The Labute approximate surface area is 172 Å². The first-order valence-corrected chi connectivity index (χ1v) is 11.1. The fourth-order valence-corrected chi connectivity index (χ4v) is 4.99. The molecule has 2 fully saturated rings. The molecule has 0 spiro atoms. The minimum absolute atomic E-state index is 0.0951. The number of hydrogen-bond acceptors (Lipinski definition) is 6. The smallest absolute Gasteiger partial charge is 0.307 e. The molecule has 0 aliphatic carbocycles. The third-order valence-electron chi connectivity index (χ3n) is 5.53. The van der Waals surface area contributed by atoms with Gasteiger partial charge in [0.2, 0.25) is 5.91 Å². The van der Waals surface area contributed by atoms with Crippen molar-refractivity contribution in [2.24, 2.45) is 0 Å². The topological polar surface area (TPSA) is 53.1 Å². The predicted molar refractivity (Wildman–Crippen MR) is 112 cm³/mol. The number of carbonyl (C=O) groups is 2. The van der Waals surface area contributed by atoms with Crippen LogP contribution in [-0.2, 0) is 20.9 Å². The third kappa shape index (κ3) is 5.96. The van der Waals surface area contributed by atoms with E-state index < -0.39 is 0 Å². The lowest BCUT2D eigenvalue weighted by molar-refractivity contribution is -0.143. The molecule has 3 rings (SSSR count). The number of esters is 1. The molecule has 0 saturated carbocycles. The van der Waals surface area contributed by atoms with Crippen LogP contribution in [0.15, 0.2) is 24.3 Å². The number of benzene rings is 1. The molecule has 0 bridgehead atoms. The number of rotatable bonds is 6. The number of carbonyl (C=O) groups excluding carboxylic acids is 2. The molecular formula is C21H31N3O3S. The molecule has 1 unspecified atom stereocenters. The fraction of sp³-hybridized carbons (Fsp3) is 0.619. The first kappa shape index (κ1) is 21.1. The lowest BCUT2D eigenvalue weighted by Crippen LogP contribution is -2.53. The fourth-order valence-electron chi connectivity index (χ4n) is 3.86. The highest BCUT2D eigenvalue weighted by Gasteiger charge is 2.29. The minimum Gasteiger partial charge on any atom is -0.469 e. The van der Waals surface area contributed by atoms with E-state index in [2.05, 4.69) is 41.0 Å². The van der Waals surface area contributed by atoms with Crippen LogP contribution in [0.1, 0.15) is 17.5 Å². The molecule has 28 heavy (non-hydrogen) atoms. The summed E-state index contributed by atoms with van der Waals surface area (Å²) in [4.78, 5) is 31.0. The van der Waals surface area contributed by atoms with Gasteiger partial charge in [-0.2, -0.15) is 11.8 Å². The molecule has 7 heteroatoms. The Bertz CT molecular complexity index is 677. The summed E-state index contributed by atoms with van der Waals surface area (Å²) in [6.07, 6.45) is 0.362. The molecule has 0 N–H and O–H groups in total. The van der Waals surface area contributed by atoms with Crippen molar-refractivity contribution in [1.82, 2.24) is 14.7 Å². The van der Waals surface area contributed by atoms with Gasteiger partial charge in [-0.25, -0.2) is 0 Å². The Hall–Kier alpha value is -1.57. The van der Waals surface area contributed by atoms with Gasteiger partial charge in [0, 0.05) is 56.8 Å². The van der Waals surface area contributed by atoms with E-state index in [1.165, 1.54) is 18.2 Å². The van der Waals surface area contributed by atoms with Crippen molar-refractivity contribution in [3.63, 3.8) is 0 Å². The number of aryl methyl sites for hydroxylation is 1. The molecule has 154 valence electrons. The highest BCUT2D eigenvalue weighted by atomic mass is 32.2. The zero-order chi connectivity index (χ0) is 19.9. The molecule has 2 aliphatic heterocycles. The van der Waals surface area contributed by atoms with Crippen LogP contribution in [0.4, 0.5) is 0 Å². The van der Waals surface area contributed by atoms with Crippen molar-refractivity contribution in [2.45, 2.75) is 25.9 Å². The Morgan fingerprint density at radius 1 is 1.18 bits per heavy atom. The summed E-state index contributed by atoms with van der Waals surface area (Å²) in [7, 11) is 1.42. The highest BCUT2D eigenvalue weighted by molar-refractivity contribution is 7.99. The lowest BCUT2D eigenvalue weighted by Gasteiger charge is -2.38. The maximum atomic E-state index is 12.8. The second-order valence-electron chi connectivity index (χ2n) is 7.63. The van der Waals surface area contributed by atoms with Crippen LogP contribution < -0.4 is 0 Å². The molecule has 0 aromatic heterocycles. The number of amides is 1. The van der Waals surface area contributed by atoms with Crippen LogP contribution in [-0.4, -0.2) is 90.5 Å². The molecule has 1 atom stereocenters. The maximum absolute atomic E-state index is 12.8. The van der Waals surface area contributed by atoms with Crippen LogP contribution >= 0.6 is 11.8 Å². The number of methoxy groups -OCH3 is 1. The Kier molecular flexibility index (Phi) is 7.76. The summed E-state index contributed by atoms with van der Waals surface area (Å²) in [5.74, 6) is 1.87. The van der Waals surface area contributed by atoms with Crippen LogP contribution in [0.5, 0.6) is 0 Å². The Morgan fingerprint density at radius 2 is 1.96 bits per heavy atom. The van der Waals surface area contributed by atoms with Gasteiger partial charge in [-0.15, -0.1) is 0 Å². The van der Waals surface area contributed by atoms with Crippen molar-refractivity contribution in [3.05, 3.63) is 35.4 Å². The maximum Gasteiger partial charge on any atom is 0.307 e. The Balaban J connectivity index is 1.47. The van der Waals surface area contributed by atoms with Crippen LogP contribution in [0, 0.1) is 6.92 Å². The van der Waals surface area contributed by atoms with E-state index >= 15 is 0 Å². The van der Waals surface area contributed by atoms with E-state index in [1.54, 1.807) is 0 Å². The molecule has 0 radical (unpaired) electrons. The summed E-state index contributed by atoms with van der Waals surface area (Å²) < 4.78 is 4.81. The molecule has 2 heterocycles. The summed E-state index contributed by atoms with van der Waals surface area (Å²) in [6.45, 7) is 7.67. The quantitative estimate of drug-likeness (QED) is 0.671. The van der Waals surface area contributed by atoms with E-state index in [4.69, 9.17) is 4.74 Å². The summed E-state index contributed by atoms with van der Waals surface area (Å²) >= 11 is 1.84. The van der Waals surface area contributed by atoms with Gasteiger partial charge in [-0.3, -0.25) is 19.4 Å². The van der Waals surface area contributed by atoms with Crippen molar-refractivity contribution < 1.29 is 14.3 Å². The second-order valence-corrected chi connectivity index (χ2v) is 8.78. The van der Waals surface area contributed by atoms with Gasteiger partial charge in [-0.1, -0.05) is 29.8 Å². The van der Waals surface area contributed by atoms with Gasteiger partial charge in [0.15, 0.2) is 0 Å². The SMILES string of the molecule is COC(=O)CC1CSCCN1CC(=O)N1CCN(Cc2cccc(C)c2)CC1. The molecular weight excluding hydrogens is 374 g/mol. The lowest BCUT2D eigenvalue weighted by atomic mass is 10.1. The molecule has 2 aliphatic rings. The first-order chi connectivity index (χ1) is 13.5. The minimum atomic E-state index is -0.199. The van der Waals surface area contributed by atoms with Crippen molar-refractivity contribution in [2.75, 3.05) is 57.9 Å². The van der Waals surface area contributed by atoms with Gasteiger partial charge in [0.25, 0.3) is 0 Å². The van der Waals surface area contributed by atoms with Crippen molar-refractivity contribution >= 4 is 23.6 Å². The third-order valence-corrected chi connectivity index (χ3v) is 6.62. The van der Waals surface area contributed by atoms with Crippen molar-refractivity contribution in [3.8, 4) is 0 Å². The number of nitrogens with zero attached hydrogens (tertiary/aromatic N) is 3. The molecule has 1 aromatic carbocycles. The molecule has 1 aromatic rings. The molecule has 2 saturated heterocycles. The second kappa shape index (κ2) is 10.3. The number of piperazine rings is 1. The average Bonchev–Trinajstić information content (AvgIpc) is 2.70. The van der Waals surface area contributed by atoms with E-state index in [0.29, 0.717) is 13.0 Å². The summed E-state index contributed by atoms with van der Waals surface area (Å²) in [5.41, 5.74) is 2.61. The van der Waals surface area contributed by atoms with Crippen LogP contribution in [0.2, 0.25) is 0 Å². The zero-order valence-corrected chi connectivity index (χ0v) is 17.7. The van der Waals surface area contributed by atoms with Gasteiger partial charge in [0.05, 0.1) is 20.1 Å². The van der Waals surface area contributed by atoms with Crippen LogP contribution in [0.25, 0.3) is 0 Å². The van der Waals surface area contributed by atoms with E-state index in [9.17, 15) is 9.59 Å². The highest BCUT2D eigenvalue weighted by Crippen LogP contribution is 2.20. The molecule has 6 nitrogen and oxygen atoms in total.